The molecule has 0 bridgehead atoms. The fourth-order valence-electron chi connectivity index (χ4n) is 5.70. The number of halogens is 3. The molecular weight excluding hydrogens is 499 g/mol. The maximum Gasteiger partial charge on any atom is 0.393 e. The Morgan fingerprint density at radius 3 is 2.81 bits per heavy atom. The highest BCUT2D eigenvalue weighted by Gasteiger charge is 2.48. The van der Waals surface area contributed by atoms with Gasteiger partial charge in [-0.05, 0) is 48.6 Å². The van der Waals surface area contributed by atoms with Gasteiger partial charge in [-0.2, -0.15) is 23.3 Å². The number of H-pyrrole nitrogens is 1. The molecule has 0 amide bonds. The molecule has 1 atom stereocenters. The average molecular weight is 528 g/mol. The van der Waals surface area contributed by atoms with Gasteiger partial charge in [0.15, 0.2) is 0 Å². The number of aromatic amines is 1. The topological polar surface area (TPSA) is 81.8 Å². The summed E-state index contributed by atoms with van der Waals surface area (Å²) in [4.78, 5) is 12.1. The summed E-state index contributed by atoms with van der Waals surface area (Å²) < 4.78 is 38.9. The third-order valence-electron chi connectivity index (χ3n) is 7.41. The van der Waals surface area contributed by atoms with Crippen molar-refractivity contribution in [1.82, 2.24) is 25.5 Å². The first kappa shape index (κ1) is 24.2. The Balaban J connectivity index is 1.11. The number of rotatable bonds is 7. The molecule has 2 aliphatic rings. The van der Waals surface area contributed by atoms with Crippen LogP contribution in [0.4, 0.5) is 24.9 Å². The maximum absolute atomic E-state index is 13.0. The summed E-state index contributed by atoms with van der Waals surface area (Å²) in [5, 5.41) is 14.5. The van der Waals surface area contributed by atoms with Gasteiger partial charge in [-0.1, -0.05) is 18.2 Å². The zero-order chi connectivity index (χ0) is 25.6. The molecule has 37 heavy (non-hydrogen) atoms. The lowest BCUT2D eigenvalue weighted by Crippen LogP contribution is -2.56. The SMILES string of the molecule is CNc1nc(N2CC3(CC[C@@H](NCc4cccc(-c5ccn[nH]5)c4)C3)C2)c2cc(CC(F)(F)F)sc2n1. The van der Waals surface area contributed by atoms with Gasteiger partial charge in [-0.3, -0.25) is 5.10 Å². The smallest absolute Gasteiger partial charge is 0.357 e. The van der Waals surface area contributed by atoms with Crippen LogP contribution in [0.2, 0.25) is 0 Å². The van der Waals surface area contributed by atoms with Crippen LogP contribution in [0.15, 0.2) is 42.6 Å². The van der Waals surface area contributed by atoms with Crippen molar-refractivity contribution < 1.29 is 13.2 Å². The molecule has 1 spiro atoms. The highest BCUT2D eigenvalue weighted by atomic mass is 32.1. The summed E-state index contributed by atoms with van der Waals surface area (Å²) >= 11 is 1.10. The van der Waals surface area contributed by atoms with Gasteiger partial charge in [0, 0.05) is 49.2 Å². The number of fused-ring (bicyclic) bond motifs is 1. The number of hydrogen-bond donors (Lipinski definition) is 3. The maximum atomic E-state index is 13.0. The second-order valence-corrected chi connectivity index (χ2v) is 11.3. The number of hydrogen-bond acceptors (Lipinski definition) is 7. The third-order valence-corrected chi connectivity index (χ3v) is 8.44. The molecule has 11 heteroatoms. The van der Waals surface area contributed by atoms with Gasteiger partial charge in [0.25, 0.3) is 0 Å². The van der Waals surface area contributed by atoms with E-state index < -0.39 is 12.6 Å². The average Bonchev–Trinajstić information content (AvgIpc) is 3.60. The van der Waals surface area contributed by atoms with E-state index in [4.69, 9.17) is 0 Å². The highest BCUT2D eigenvalue weighted by molar-refractivity contribution is 7.18. The first-order chi connectivity index (χ1) is 17.8. The van der Waals surface area contributed by atoms with E-state index in [0.717, 1.165) is 67.3 Å². The Hall–Kier alpha value is -3.18. The van der Waals surface area contributed by atoms with Gasteiger partial charge in [0.1, 0.15) is 10.6 Å². The predicted molar refractivity (Wildman–Crippen MR) is 140 cm³/mol. The van der Waals surface area contributed by atoms with E-state index in [9.17, 15) is 13.2 Å². The molecule has 7 nitrogen and oxygen atoms in total. The standard InChI is InChI=1S/C26H28F3N7S/c1-30-24-33-22(20-10-19(12-26(27,28)29)37-23(20)34-24)36-14-25(15-36)7-5-18(11-25)31-13-16-3-2-4-17(9-16)21-6-8-32-35-21/h2-4,6,8-10,18,31H,5,7,11-15H2,1H3,(H,32,35)(H,30,33,34)/t18-/m1/s1. The lowest BCUT2D eigenvalue weighted by molar-refractivity contribution is -0.126. The molecule has 0 radical (unpaired) electrons. The molecule has 0 unspecified atom stereocenters. The first-order valence-corrected chi connectivity index (χ1v) is 13.2. The van der Waals surface area contributed by atoms with E-state index in [1.807, 2.05) is 6.07 Å². The molecule has 6 rings (SSSR count). The van der Waals surface area contributed by atoms with Crippen molar-refractivity contribution in [1.29, 1.82) is 0 Å². The lowest BCUT2D eigenvalue weighted by atomic mass is 9.78. The molecule has 1 aromatic carbocycles. The van der Waals surface area contributed by atoms with Crippen LogP contribution in [-0.4, -0.2) is 52.5 Å². The van der Waals surface area contributed by atoms with Crippen LogP contribution in [0.3, 0.4) is 0 Å². The Kier molecular flexibility index (Phi) is 6.07. The summed E-state index contributed by atoms with van der Waals surface area (Å²) in [5.41, 5.74) is 3.58. The summed E-state index contributed by atoms with van der Waals surface area (Å²) in [6, 6.07) is 12.5. The number of anilines is 2. The van der Waals surface area contributed by atoms with Crippen molar-refractivity contribution in [2.24, 2.45) is 5.41 Å². The third kappa shape index (κ3) is 5.02. The number of aromatic nitrogens is 4. The number of nitrogens with zero attached hydrogens (tertiary/aromatic N) is 4. The van der Waals surface area contributed by atoms with Crippen molar-refractivity contribution >= 4 is 33.3 Å². The molecule has 1 aliphatic carbocycles. The number of nitrogens with one attached hydrogen (secondary N) is 3. The second-order valence-electron chi connectivity index (χ2n) is 10.2. The van der Waals surface area contributed by atoms with Crippen LogP contribution in [0.1, 0.15) is 29.7 Å². The summed E-state index contributed by atoms with van der Waals surface area (Å²) in [6.07, 6.45) is -0.0989. The summed E-state index contributed by atoms with van der Waals surface area (Å²) in [5.74, 6) is 1.17. The Morgan fingerprint density at radius 2 is 2.05 bits per heavy atom. The van der Waals surface area contributed by atoms with E-state index in [-0.39, 0.29) is 10.3 Å². The number of benzene rings is 1. The lowest BCUT2D eigenvalue weighted by Gasteiger charge is -2.49. The van der Waals surface area contributed by atoms with Crippen molar-refractivity contribution in [3.63, 3.8) is 0 Å². The first-order valence-electron chi connectivity index (χ1n) is 12.4. The monoisotopic (exact) mass is 527 g/mol. The minimum Gasteiger partial charge on any atom is -0.357 e. The van der Waals surface area contributed by atoms with E-state index in [0.29, 0.717) is 22.2 Å². The number of alkyl halides is 3. The molecule has 3 N–H and O–H groups in total. The molecule has 1 aliphatic heterocycles. The molecule has 3 aromatic heterocycles. The van der Waals surface area contributed by atoms with E-state index in [2.05, 4.69) is 60.0 Å². The Labute approximate surface area is 216 Å². The van der Waals surface area contributed by atoms with Crippen molar-refractivity contribution in [3.05, 3.63) is 53.0 Å². The van der Waals surface area contributed by atoms with Gasteiger partial charge in [0.05, 0.1) is 17.5 Å². The van der Waals surface area contributed by atoms with Gasteiger partial charge >= 0.3 is 6.18 Å². The summed E-state index contributed by atoms with van der Waals surface area (Å²) in [7, 11) is 1.73. The fourth-order valence-corrected chi connectivity index (χ4v) is 6.76. The van der Waals surface area contributed by atoms with Gasteiger partial charge in [-0.15, -0.1) is 11.3 Å². The van der Waals surface area contributed by atoms with E-state index in [1.165, 1.54) is 5.56 Å². The van der Waals surface area contributed by atoms with Crippen LogP contribution in [0.5, 0.6) is 0 Å². The van der Waals surface area contributed by atoms with Crippen LogP contribution in [0.25, 0.3) is 21.5 Å². The molecule has 2 fully saturated rings. The van der Waals surface area contributed by atoms with E-state index >= 15 is 0 Å². The van der Waals surface area contributed by atoms with Gasteiger partial charge < -0.3 is 15.5 Å². The predicted octanol–water partition coefficient (Wildman–Crippen LogP) is 5.38. The Bertz CT molecular complexity index is 1390. The van der Waals surface area contributed by atoms with Crippen LogP contribution < -0.4 is 15.5 Å². The Morgan fingerprint density at radius 1 is 1.19 bits per heavy atom. The zero-order valence-corrected chi connectivity index (χ0v) is 21.2. The quantitative estimate of drug-likeness (QED) is 0.300. The van der Waals surface area contributed by atoms with Crippen molar-refractivity contribution in [2.45, 2.75) is 44.4 Å². The highest BCUT2D eigenvalue weighted by Crippen LogP contribution is 2.48. The molecule has 1 saturated heterocycles. The van der Waals surface area contributed by atoms with Gasteiger partial charge in [-0.25, -0.2) is 4.98 Å². The molecule has 4 aromatic rings. The minimum absolute atomic E-state index is 0.220. The normalized spacial score (nSPS) is 19.0. The molecule has 1 saturated carbocycles. The van der Waals surface area contributed by atoms with Crippen molar-refractivity contribution in [2.75, 3.05) is 30.4 Å². The summed E-state index contributed by atoms with van der Waals surface area (Å²) in [6.45, 7) is 2.53. The van der Waals surface area contributed by atoms with Crippen LogP contribution >= 0.6 is 11.3 Å². The van der Waals surface area contributed by atoms with Crippen molar-refractivity contribution in [3.8, 4) is 11.3 Å². The minimum atomic E-state index is -4.24. The molecular formula is C26H28F3N7S. The largest absolute Gasteiger partial charge is 0.393 e. The van der Waals surface area contributed by atoms with Crippen LogP contribution in [-0.2, 0) is 13.0 Å². The van der Waals surface area contributed by atoms with Crippen LogP contribution in [0, 0.1) is 5.41 Å². The second kappa shape index (κ2) is 9.29. The molecule has 4 heterocycles. The fraction of sp³-hybridized carbons (Fsp3) is 0.423. The van der Waals surface area contributed by atoms with Gasteiger partial charge in [0.2, 0.25) is 5.95 Å². The zero-order valence-electron chi connectivity index (χ0n) is 20.4. The number of thiophene rings is 1. The van der Waals surface area contributed by atoms with E-state index in [1.54, 1.807) is 19.3 Å². The molecule has 194 valence electrons.